The summed E-state index contributed by atoms with van der Waals surface area (Å²) in [5.74, 6) is 4.35. The molecular weight excluding hydrogens is 308 g/mol. The predicted octanol–water partition coefficient (Wildman–Crippen LogP) is 6.16. The van der Waals surface area contributed by atoms with Gasteiger partial charge in [0.1, 0.15) is 5.75 Å². The van der Waals surface area contributed by atoms with Crippen molar-refractivity contribution in [3.63, 3.8) is 0 Å². The second kappa shape index (κ2) is 6.95. The van der Waals surface area contributed by atoms with Crippen molar-refractivity contribution < 1.29 is 9.47 Å². The van der Waals surface area contributed by atoms with Gasteiger partial charge in [-0.25, -0.2) is 0 Å². The number of rotatable bonds is 7. The Bertz CT molecular complexity index is 541. The molecule has 0 amide bonds. The molecule has 2 nitrogen and oxygen atoms in total. The highest BCUT2D eigenvalue weighted by atomic mass is 16.7. The van der Waals surface area contributed by atoms with Crippen LogP contribution in [-0.2, 0) is 4.74 Å². The van der Waals surface area contributed by atoms with Crippen LogP contribution in [0.5, 0.6) is 5.75 Å². The van der Waals surface area contributed by atoms with E-state index in [1.54, 1.807) is 0 Å². The van der Waals surface area contributed by atoms with Crippen LogP contribution in [0.3, 0.4) is 0 Å². The van der Waals surface area contributed by atoms with E-state index in [0.29, 0.717) is 5.92 Å². The van der Waals surface area contributed by atoms with E-state index in [-0.39, 0.29) is 11.7 Å². The standard InChI is InChI=1S/C23H34O2/c1-4-16(3)20-6-8-21(9-7-20)25-22(24-5-2)23-13-17-10-18(14-23)12-19(11-17)15-23/h6-9,16-19,22H,4-5,10-15H2,1-3H3. The van der Waals surface area contributed by atoms with Crippen LogP contribution in [0.2, 0.25) is 0 Å². The summed E-state index contributed by atoms with van der Waals surface area (Å²) in [6, 6.07) is 8.75. The van der Waals surface area contributed by atoms with E-state index in [0.717, 1.165) is 30.1 Å². The fourth-order valence-electron chi connectivity index (χ4n) is 6.19. The molecule has 0 spiro atoms. The van der Waals surface area contributed by atoms with Crippen LogP contribution in [0.15, 0.2) is 24.3 Å². The quantitative estimate of drug-likeness (QED) is 0.553. The minimum Gasteiger partial charge on any atom is -0.464 e. The second-order valence-electron chi connectivity index (χ2n) is 9.06. The molecule has 0 aliphatic heterocycles. The summed E-state index contributed by atoms with van der Waals surface area (Å²) in [6.07, 6.45) is 9.43. The van der Waals surface area contributed by atoms with Gasteiger partial charge < -0.3 is 9.47 Å². The number of ether oxygens (including phenoxy) is 2. The van der Waals surface area contributed by atoms with Crippen molar-refractivity contribution in [2.24, 2.45) is 23.2 Å². The number of benzene rings is 1. The van der Waals surface area contributed by atoms with E-state index >= 15 is 0 Å². The largest absolute Gasteiger partial charge is 0.464 e. The number of hydrogen-bond donors (Lipinski definition) is 0. The molecule has 0 radical (unpaired) electrons. The second-order valence-corrected chi connectivity index (χ2v) is 9.06. The third kappa shape index (κ3) is 3.35. The Kier molecular flexibility index (Phi) is 4.83. The van der Waals surface area contributed by atoms with E-state index in [9.17, 15) is 0 Å². The summed E-state index contributed by atoms with van der Waals surface area (Å²) >= 11 is 0. The van der Waals surface area contributed by atoms with Crippen molar-refractivity contribution in [3.05, 3.63) is 29.8 Å². The first kappa shape index (κ1) is 17.4. The van der Waals surface area contributed by atoms with Gasteiger partial charge in [0, 0.05) is 12.0 Å². The van der Waals surface area contributed by atoms with Crippen LogP contribution in [0.25, 0.3) is 0 Å². The van der Waals surface area contributed by atoms with Gasteiger partial charge in [-0.05, 0) is 93.2 Å². The lowest BCUT2D eigenvalue weighted by atomic mass is 9.49. The minimum atomic E-state index is -0.0691. The zero-order valence-electron chi connectivity index (χ0n) is 16.2. The van der Waals surface area contributed by atoms with E-state index < -0.39 is 0 Å². The van der Waals surface area contributed by atoms with Crippen molar-refractivity contribution in [2.75, 3.05) is 6.61 Å². The predicted molar refractivity (Wildman–Crippen MR) is 102 cm³/mol. The van der Waals surface area contributed by atoms with Crippen LogP contribution in [-0.4, -0.2) is 12.9 Å². The SMILES string of the molecule is CCOC(Oc1ccc(C(C)CC)cc1)C12CC3CC(CC(C3)C1)C2. The maximum Gasteiger partial charge on any atom is 0.205 e. The van der Waals surface area contributed by atoms with Crippen molar-refractivity contribution in [2.45, 2.75) is 77.9 Å². The molecule has 4 saturated carbocycles. The Morgan fingerprint density at radius 3 is 2.00 bits per heavy atom. The normalized spacial score (nSPS) is 35.6. The van der Waals surface area contributed by atoms with E-state index in [4.69, 9.17) is 9.47 Å². The highest BCUT2D eigenvalue weighted by molar-refractivity contribution is 5.29. The van der Waals surface area contributed by atoms with E-state index in [2.05, 4.69) is 45.0 Å². The van der Waals surface area contributed by atoms with Crippen LogP contribution < -0.4 is 4.74 Å². The zero-order valence-corrected chi connectivity index (χ0v) is 16.2. The molecule has 4 bridgehead atoms. The Morgan fingerprint density at radius 2 is 1.52 bits per heavy atom. The summed E-state index contributed by atoms with van der Waals surface area (Å²) in [5.41, 5.74) is 1.66. The summed E-state index contributed by atoms with van der Waals surface area (Å²) in [7, 11) is 0. The molecule has 1 aromatic carbocycles. The Labute approximate surface area is 153 Å². The van der Waals surface area contributed by atoms with Crippen LogP contribution in [0.4, 0.5) is 0 Å². The van der Waals surface area contributed by atoms with E-state index in [1.165, 1.54) is 50.5 Å². The van der Waals surface area contributed by atoms with Gasteiger partial charge >= 0.3 is 0 Å². The van der Waals surface area contributed by atoms with Crippen molar-refractivity contribution in [1.82, 2.24) is 0 Å². The highest BCUT2D eigenvalue weighted by Crippen LogP contribution is 2.61. The molecule has 2 heteroatoms. The third-order valence-corrected chi connectivity index (χ3v) is 7.21. The average Bonchev–Trinajstić information content (AvgIpc) is 2.60. The maximum absolute atomic E-state index is 6.49. The fraction of sp³-hybridized carbons (Fsp3) is 0.739. The molecule has 138 valence electrons. The molecule has 0 N–H and O–H groups in total. The lowest BCUT2D eigenvalue weighted by Gasteiger charge is -2.58. The molecule has 4 aliphatic carbocycles. The monoisotopic (exact) mass is 342 g/mol. The molecule has 1 aromatic rings. The zero-order chi connectivity index (χ0) is 17.4. The maximum atomic E-state index is 6.49. The van der Waals surface area contributed by atoms with Gasteiger partial charge in [0.2, 0.25) is 6.29 Å². The molecule has 0 heterocycles. The molecule has 0 aromatic heterocycles. The number of hydrogen-bond acceptors (Lipinski definition) is 2. The first-order valence-corrected chi connectivity index (χ1v) is 10.5. The summed E-state index contributed by atoms with van der Waals surface area (Å²) in [5, 5.41) is 0. The van der Waals surface area contributed by atoms with Crippen LogP contribution in [0, 0.1) is 23.2 Å². The van der Waals surface area contributed by atoms with Crippen LogP contribution >= 0.6 is 0 Å². The summed E-state index contributed by atoms with van der Waals surface area (Å²) < 4.78 is 12.7. The molecule has 4 aliphatic rings. The Hall–Kier alpha value is -1.02. The van der Waals surface area contributed by atoms with Crippen molar-refractivity contribution in [3.8, 4) is 5.75 Å². The lowest BCUT2D eigenvalue weighted by Crippen LogP contribution is -2.54. The van der Waals surface area contributed by atoms with Gasteiger partial charge in [-0.1, -0.05) is 26.0 Å². The molecule has 2 atom stereocenters. The molecule has 0 saturated heterocycles. The van der Waals surface area contributed by atoms with Gasteiger partial charge in [-0.15, -0.1) is 0 Å². The molecule has 2 unspecified atom stereocenters. The van der Waals surface area contributed by atoms with Gasteiger partial charge in [-0.3, -0.25) is 0 Å². The van der Waals surface area contributed by atoms with Crippen molar-refractivity contribution >= 4 is 0 Å². The first-order chi connectivity index (χ1) is 12.1. The smallest absolute Gasteiger partial charge is 0.205 e. The molecule has 25 heavy (non-hydrogen) atoms. The van der Waals surface area contributed by atoms with Gasteiger partial charge in [-0.2, -0.15) is 0 Å². The third-order valence-electron chi connectivity index (χ3n) is 7.21. The first-order valence-electron chi connectivity index (χ1n) is 10.5. The average molecular weight is 343 g/mol. The van der Waals surface area contributed by atoms with Crippen molar-refractivity contribution in [1.29, 1.82) is 0 Å². The molecule has 5 rings (SSSR count). The van der Waals surface area contributed by atoms with Gasteiger partial charge in [0.15, 0.2) is 0 Å². The summed E-state index contributed by atoms with van der Waals surface area (Å²) in [4.78, 5) is 0. The van der Waals surface area contributed by atoms with Crippen LogP contribution in [0.1, 0.15) is 77.2 Å². The molecule has 4 fully saturated rings. The Balaban J connectivity index is 1.52. The fourth-order valence-corrected chi connectivity index (χ4v) is 6.19. The Morgan fingerprint density at radius 1 is 0.960 bits per heavy atom. The van der Waals surface area contributed by atoms with E-state index in [1.807, 2.05) is 0 Å². The summed E-state index contributed by atoms with van der Waals surface area (Å²) in [6.45, 7) is 7.36. The molecular formula is C23H34O2. The topological polar surface area (TPSA) is 18.5 Å². The van der Waals surface area contributed by atoms with Gasteiger partial charge in [0.25, 0.3) is 0 Å². The lowest BCUT2D eigenvalue weighted by molar-refractivity contribution is -0.213. The van der Waals surface area contributed by atoms with Gasteiger partial charge in [0.05, 0.1) is 0 Å². The minimum absolute atomic E-state index is 0.0691. The highest BCUT2D eigenvalue weighted by Gasteiger charge is 2.55.